The lowest BCUT2D eigenvalue weighted by Crippen LogP contribution is -2.47. The van der Waals surface area contributed by atoms with Gasteiger partial charge < -0.3 is 20.3 Å². The number of carbonyl (C=O) groups excluding carboxylic acids is 2. The molecule has 37 heavy (non-hydrogen) atoms. The molecule has 3 aromatic rings. The van der Waals surface area contributed by atoms with Gasteiger partial charge >= 0.3 is 5.97 Å². The number of aromatic nitrogens is 4. The summed E-state index contributed by atoms with van der Waals surface area (Å²) >= 11 is 1.33. The molecule has 1 amide bonds. The van der Waals surface area contributed by atoms with E-state index in [-0.39, 0.29) is 24.5 Å². The van der Waals surface area contributed by atoms with Crippen LogP contribution in [-0.4, -0.2) is 54.3 Å². The number of Topliss-reactive ketones (excluding diaryl/α,β-unsaturated/α-hetero) is 1. The minimum Gasteiger partial charge on any atom is -0.481 e. The lowest BCUT2D eigenvalue weighted by molar-refractivity contribution is -0.140. The van der Waals surface area contributed by atoms with Gasteiger partial charge in [0, 0.05) is 25.1 Å². The summed E-state index contributed by atoms with van der Waals surface area (Å²) in [5, 5.41) is 18.4. The van der Waals surface area contributed by atoms with Crippen LogP contribution in [0.1, 0.15) is 43.1 Å². The summed E-state index contributed by atoms with van der Waals surface area (Å²) in [4.78, 5) is 58.4. The van der Waals surface area contributed by atoms with Crippen LogP contribution in [0.2, 0.25) is 0 Å². The van der Waals surface area contributed by atoms with E-state index >= 15 is 0 Å². The molecule has 0 spiro atoms. The van der Waals surface area contributed by atoms with Gasteiger partial charge in [0.2, 0.25) is 11.8 Å². The molecule has 0 radical (unpaired) electrons. The van der Waals surface area contributed by atoms with E-state index in [0.717, 1.165) is 5.56 Å². The summed E-state index contributed by atoms with van der Waals surface area (Å²) < 4.78 is 6.09. The number of thioether (sulfide) groups is 1. The van der Waals surface area contributed by atoms with E-state index in [9.17, 15) is 24.3 Å². The molecule has 0 aliphatic heterocycles. The van der Waals surface area contributed by atoms with Gasteiger partial charge in [-0.05, 0) is 12.0 Å². The zero-order chi connectivity index (χ0) is 26.8. The van der Waals surface area contributed by atoms with Gasteiger partial charge in [-0.2, -0.15) is 4.98 Å². The van der Waals surface area contributed by atoms with Crippen molar-refractivity contribution in [2.45, 2.75) is 51.1 Å². The highest BCUT2D eigenvalue weighted by molar-refractivity contribution is 7.99. The molecule has 1 aromatic carbocycles. The van der Waals surface area contributed by atoms with Crippen LogP contribution >= 0.6 is 11.8 Å². The largest absolute Gasteiger partial charge is 0.481 e. The van der Waals surface area contributed by atoms with Gasteiger partial charge in [-0.1, -0.05) is 42.4 Å². The Labute approximate surface area is 216 Å². The summed E-state index contributed by atoms with van der Waals surface area (Å²) in [6.07, 6.45) is 2.38. The van der Waals surface area contributed by atoms with Gasteiger partial charge in [0.05, 0.1) is 24.8 Å². The van der Waals surface area contributed by atoms with Crippen molar-refractivity contribution < 1.29 is 24.0 Å². The lowest BCUT2D eigenvalue weighted by Gasteiger charge is -2.22. The number of hydrogen-bond donors (Lipinski definition) is 3. The number of carbonyl (C=O) groups is 3. The molecule has 2 atom stereocenters. The second kappa shape index (κ2) is 13.3. The molecule has 0 aliphatic rings. The Balaban J connectivity index is 1.68. The number of aryl methyl sites for hydroxylation is 1. The second-order valence-corrected chi connectivity index (χ2v) is 9.08. The van der Waals surface area contributed by atoms with Gasteiger partial charge in [0.15, 0.2) is 17.4 Å². The van der Waals surface area contributed by atoms with E-state index in [4.69, 9.17) is 4.52 Å². The smallest absolute Gasteiger partial charge is 0.305 e. The van der Waals surface area contributed by atoms with E-state index < -0.39 is 41.7 Å². The fourth-order valence-electron chi connectivity index (χ4n) is 3.51. The molecule has 13 heteroatoms. The summed E-state index contributed by atoms with van der Waals surface area (Å²) in [7, 11) is 0. The molecule has 3 rings (SSSR count). The molecule has 0 aliphatic carbocycles. The fourth-order valence-corrected chi connectivity index (χ4v) is 4.44. The number of hydrogen-bond acceptors (Lipinski definition) is 10. The zero-order valence-corrected chi connectivity index (χ0v) is 21.2. The number of anilines is 1. The summed E-state index contributed by atoms with van der Waals surface area (Å²) in [5.41, 5.74) is 0.463. The third-order valence-electron chi connectivity index (χ3n) is 5.32. The van der Waals surface area contributed by atoms with Crippen molar-refractivity contribution in [3.05, 3.63) is 70.4 Å². The third-order valence-corrected chi connectivity index (χ3v) is 6.34. The van der Waals surface area contributed by atoms with Crippen LogP contribution in [0.15, 0.2) is 52.0 Å². The maximum atomic E-state index is 13.1. The Morgan fingerprint density at radius 1 is 1.22 bits per heavy atom. The predicted octanol–water partition coefficient (Wildman–Crippen LogP) is 1.96. The van der Waals surface area contributed by atoms with Crippen molar-refractivity contribution in [2.24, 2.45) is 0 Å². The van der Waals surface area contributed by atoms with Crippen molar-refractivity contribution in [1.82, 2.24) is 25.0 Å². The molecular formula is C24H28N6O6S. The number of carboxylic acids is 1. The van der Waals surface area contributed by atoms with E-state index in [1.807, 2.05) is 30.3 Å². The third kappa shape index (κ3) is 8.00. The molecule has 0 saturated carbocycles. The molecule has 0 bridgehead atoms. The number of amides is 1. The van der Waals surface area contributed by atoms with Crippen LogP contribution < -0.4 is 16.2 Å². The average Bonchev–Trinajstić information content (AvgIpc) is 3.29. The summed E-state index contributed by atoms with van der Waals surface area (Å²) in [6.45, 7) is 3.43. The number of ketones is 1. The molecule has 0 fully saturated rings. The first-order valence-electron chi connectivity index (χ1n) is 11.5. The molecule has 2 aromatic heterocycles. The van der Waals surface area contributed by atoms with Gasteiger partial charge in [-0.15, -0.1) is 11.8 Å². The summed E-state index contributed by atoms with van der Waals surface area (Å²) in [5.74, 6) is -0.974. The molecule has 3 N–H and O–H groups in total. The van der Waals surface area contributed by atoms with Crippen LogP contribution in [0.4, 0.5) is 5.82 Å². The average molecular weight is 529 g/mol. The second-order valence-electron chi connectivity index (χ2n) is 8.10. The number of rotatable bonds is 14. The number of benzene rings is 1. The highest BCUT2D eigenvalue weighted by Gasteiger charge is 2.28. The molecule has 2 heterocycles. The van der Waals surface area contributed by atoms with E-state index in [1.54, 1.807) is 13.8 Å². The Hall–Kier alpha value is -4.00. The predicted molar refractivity (Wildman–Crippen MR) is 136 cm³/mol. The maximum absolute atomic E-state index is 13.1. The first-order valence-corrected chi connectivity index (χ1v) is 12.7. The van der Waals surface area contributed by atoms with Crippen LogP contribution in [-0.2, 0) is 26.7 Å². The van der Waals surface area contributed by atoms with Crippen molar-refractivity contribution in [2.75, 3.05) is 11.1 Å². The highest BCUT2D eigenvalue weighted by Crippen LogP contribution is 2.15. The van der Waals surface area contributed by atoms with Crippen molar-refractivity contribution >= 4 is 35.2 Å². The SMILES string of the molecule is CCC(C(=O)NC(CC(=O)O)C(=O)CSCc1ccccc1)n1ccnc(NCc2noc(C)n2)c1=O. The maximum Gasteiger partial charge on any atom is 0.305 e. The standard InChI is InChI=1S/C24H28N6O6S/c1-3-18(30-10-9-25-22(24(30)35)26-12-20-27-15(2)36-29-20)23(34)28-17(11-21(32)33)19(31)14-37-13-16-7-5-4-6-8-16/h4-10,17-18H,3,11-14H2,1-2H3,(H,25,26)(H,28,34)(H,32,33). The van der Waals surface area contributed by atoms with Gasteiger partial charge in [0.1, 0.15) is 6.04 Å². The fraction of sp³-hybridized carbons (Fsp3) is 0.375. The quantitative estimate of drug-likeness (QED) is 0.279. The monoisotopic (exact) mass is 528 g/mol. The topological polar surface area (TPSA) is 169 Å². The Kier molecular flexibility index (Phi) is 9.95. The van der Waals surface area contributed by atoms with Gasteiger partial charge in [-0.3, -0.25) is 23.7 Å². The van der Waals surface area contributed by atoms with E-state index in [2.05, 4.69) is 25.8 Å². The minimum absolute atomic E-state index is 0.0216. The molecule has 2 unspecified atom stereocenters. The van der Waals surface area contributed by atoms with Crippen LogP contribution in [0.3, 0.4) is 0 Å². The number of carboxylic acid groups (broad SMARTS) is 1. The zero-order valence-electron chi connectivity index (χ0n) is 20.4. The first-order chi connectivity index (χ1) is 17.8. The van der Waals surface area contributed by atoms with E-state index in [0.29, 0.717) is 17.5 Å². The lowest BCUT2D eigenvalue weighted by atomic mass is 10.1. The Morgan fingerprint density at radius 3 is 2.62 bits per heavy atom. The highest BCUT2D eigenvalue weighted by atomic mass is 32.2. The number of nitrogens with one attached hydrogen (secondary N) is 2. The molecular weight excluding hydrogens is 500 g/mol. The molecule has 196 valence electrons. The number of nitrogens with zero attached hydrogens (tertiary/aromatic N) is 4. The van der Waals surface area contributed by atoms with Gasteiger partial charge in [0.25, 0.3) is 5.56 Å². The minimum atomic E-state index is -1.22. The van der Waals surface area contributed by atoms with Gasteiger partial charge in [-0.25, -0.2) is 4.98 Å². The van der Waals surface area contributed by atoms with Crippen molar-refractivity contribution in [1.29, 1.82) is 0 Å². The molecule has 0 saturated heterocycles. The number of aliphatic carboxylic acids is 1. The van der Waals surface area contributed by atoms with Crippen LogP contribution in [0.5, 0.6) is 0 Å². The van der Waals surface area contributed by atoms with Crippen LogP contribution in [0, 0.1) is 6.92 Å². The molecule has 12 nitrogen and oxygen atoms in total. The Bertz CT molecular complexity index is 1280. The Morgan fingerprint density at radius 2 is 1.97 bits per heavy atom. The summed E-state index contributed by atoms with van der Waals surface area (Å²) in [6, 6.07) is 7.33. The normalized spacial score (nSPS) is 12.5. The first kappa shape index (κ1) is 27.6. The van der Waals surface area contributed by atoms with Crippen molar-refractivity contribution in [3.63, 3.8) is 0 Å². The van der Waals surface area contributed by atoms with E-state index in [1.165, 1.54) is 28.7 Å². The van der Waals surface area contributed by atoms with Crippen molar-refractivity contribution in [3.8, 4) is 0 Å². The van der Waals surface area contributed by atoms with Crippen LogP contribution in [0.25, 0.3) is 0 Å².